The lowest BCUT2D eigenvalue weighted by atomic mass is 10.1. The molecule has 1 aromatic carbocycles. The maximum Gasteiger partial charge on any atom is 0.446 e. The predicted molar refractivity (Wildman–Crippen MR) is 103 cm³/mol. The number of hydrogen-bond donors (Lipinski definition) is 1. The average Bonchev–Trinajstić information content (AvgIpc) is 2.58. The highest BCUT2D eigenvalue weighted by molar-refractivity contribution is 8.00. The number of ether oxygens (including phenoxy) is 2. The Labute approximate surface area is 169 Å². The van der Waals surface area contributed by atoms with Crippen LogP contribution in [0.5, 0.6) is 0 Å². The van der Waals surface area contributed by atoms with Crippen LogP contribution in [0.4, 0.5) is 23.7 Å². The fourth-order valence-corrected chi connectivity index (χ4v) is 2.86. The number of nitrogens with one attached hydrogen (secondary N) is 1. The van der Waals surface area contributed by atoms with Crippen LogP contribution < -0.4 is 5.32 Å². The average molecular weight is 428 g/mol. The minimum Gasteiger partial charge on any atom is -0.464 e. The van der Waals surface area contributed by atoms with E-state index < -0.39 is 23.2 Å². The van der Waals surface area contributed by atoms with Crippen LogP contribution >= 0.6 is 11.8 Å². The van der Waals surface area contributed by atoms with E-state index in [9.17, 15) is 22.8 Å². The quantitative estimate of drug-likeness (QED) is 0.512. The summed E-state index contributed by atoms with van der Waals surface area (Å²) in [5.41, 5.74) is -4.53. The van der Waals surface area contributed by atoms with Gasteiger partial charge in [0.1, 0.15) is 5.60 Å². The number of thioether (sulfide) groups is 1. The minimum absolute atomic E-state index is 0.00584. The van der Waals surface area contributed by atoms with Crippen molar-refractivity contribution >= 4 is 29.5 Å². The molecule has 0 atom stereocenters. The van der Waals surface area contributed by atoms with Gasteiger partial charge in [-0.05, 0) is 56.3 Å². The van der Waals surface area contributed by atoms with Crippen LogP contribution in [0.15, 0.2) is 41.4 Å². The number of carbonyl (C=O) groups is 2. The molecule has 1 N–H and O–H groups in total. The van der Waals surface area contributed by atoms with Gasteiger partial charge < -0.3 is 9.47 Å². The largest absolute Gasteiger partial charge is 0.464 e. The summed E-state index contributed by atoms with van der Waals surface area (Å²) in [5, 5.41) is 2.44. The van der Waals surface area contributed by atoms with Gasteiger partial charge in [0.15, 0.2) is 5.69 Å². The van der Waals surface area contributed by atoms with E-state index in [2.05, 4.69) is 15.0 Å². The number of halogens is 3. The number of benzene rings is 1. The summed E-state index contributed by atoms with van der Waals surface area (Å²) in [7, 11) is 1.16. The van der Waals surface area contributed by atoms with Crippen molar-refractivity contribution in [2.45, 2.75) is 36.8 Å². The van der Waals surface area contributed by atoms with Crippen LogP contribution in [0.1, 0.15) is 31.3 Å². The molecule has 156 valence electrons. The van der Waals surface area contributed by atoms with E-state index in [0.29, 0.717) is 11.1 Å². The summed E-state index contributed by atoms with van der Waals surface area (Å²) >= 11 is -0.242. The third-order valence-corrected chi connectivity index (χ3v) is 4.02. The smallest absolute Gasteiger partial charge is 0.446 e. The van der Waals surface area contributed by atoms with Crippen molar-refractivity contribution in [1.29, 1.82) is 0 Å². The van der Waals surface area contributed by atoms with E-state index in [4.69, 9.17) is 4.74 Å². The summed E-state index contributed by atoms with van der Waals surface area (Å²) in [6, 6.07) is 7.15. The Morgan fingerprint density at radius 1 is 1.10 bits per heavy atom. The lowest BCUT2D eigenvalue weighted by Gasteiger charge is -2.20. The molecule has 29 heavy (non-hydrogen) atoms. The number of alkyl halides is 3. The number of aromatic nitrogens is 1. The summed E-state index contributed by atoms with van der Waals surface area (Å²) in [6.07, 6.45) is 0.493. The Kier molecular flexibility index (Phi) is 6.78. The molecular weight excluding hydrogens is 409 g/mol. The lowest BCUT2D eigenvalue weighted by molar-refractivity contribution is -0.0328. The molecule has 0 saturated carbocycles. The first-order valence-electron chi connectivity index (χ1n) is 8.32. The highest BCUT2D eigenvalue weighted by atomic mass is 32.2. The van der Waals surface area contributed by atoms with Crippen molar-refractivity contribution in [3.05, 3.63) is 42.2 Å². The SMILES string of the molecule is COC(=O)c1ncc(-c2cccc(SC(F)(F)F)c2)cc1NC(=O)OC(C)(C)C. The van der Waals surface area contributed by atoms with Crippen molar-refractivity contribution in [2.75, 3.05) is 12.4 Å². The molecule has 0 aliphatic carbocycles. The number of rotatable bonds is 4. The first-order chi connectivity index (χ1) is 13.4. The Morgan fingerprint density at radius 2 is 1.79 bits per heavy atom. The Hall–Kier alpha value is -2.75. The summed E-state index contributed by atoms with van der Waals surface area (Å²) in [4.78, 5) is 28.1. The van der Waals surface area contributed by atoms with Gasteiger partial charge in [0.25, 0.3) is 0 Å². The Morgan fingerprint density at radius 3 is 2.38 bits per heavy atom. The topological polar surface area (TPSA) is 77.5 Å². The second-order valence-corrected chi connectivity index (χ2v) is 7.95. The van der Waals surface area contributed by atoms with Crippen LogP contribution in [-0.4, -0.2) is 35.3 Å². The number of methoxy groups -OCH3 is 1. The minimum atomic E-state index is -4.42. The second kappa shape index (κ2) is 8.73. The zero-order valence-corrected chi connectivity index (χ0v) is 16.9. The molecule has 0 radical (unpaired) electrons. The maximum absolute atomic E-state index is 12.6. The molecule has 1 amide bonds. The summed E-state index contributed by atoms with van der Waals surface area (Å²) in [5.74, 6) is -0.788. The van der Waals surface area contributed by atoms with E-state index >= 15 is 0 Å². The lowest BCUT2D eigenvalue weighted by Crippen LogP contribution is -2.28. The predicted octanol–water partition coefficient (Wildman–Crippen LogP) is 5.49. The number of anilines is 1. The van der Waals surface area contributed by atoms with Crippen molar-refractivity contribution in [2.24, 2.45) is 0 Å². The van der Waals surface area contributed by atoms with Gasteiger partial charge in [-0.1, -0.05) is 12.1 Å². The molecule has 0 unspecified atom stereocenters. The van der Waals surface area contributed by atoms with E-state index in [1.165, 1.54) is 30.5 Å². The molecular formula is C19H19F3N2O4S. The van der Waals surface area contributed by atoms with Crippen molar-refractivity contribution in [3.63, 3.8) is 0 Å². The van der Waals surface area contributed by atoms with Crippen LogP contribution in [0.25, 0.3) is 11.1 Å². The number of nitrogens with zero attached hydrogens (tertiary/aromatic N) is 1. The van der Waals surface area contributed by atoms with E-state index in [0.717, 1.165) is 7.11 Å². The van der Waals surface area contributed by atoms with Gasteiger partial charge in [0.2, 0.25) is 0 Å². The Bertz CT molecular complexity index is 911. The third-order valence-electron chi connectivity index (χ3n) is 3.30. The zero-order valence-electron chi connectivity index (χ0n) is 16.1. The molecule has 2 aromatic rings. The van der Waals surface area contributed by atoms with Crippen molar-refractivity contribution < 1.29 is 32.2 Å². The fraction of sp³-hybridized carbons (Fsp3) is 0.316. The number of hydrogen-bond acceptors (Lipinski definition) is 6. The van der Waals surface area contributed by atoms with Gasteiger partial charge in [-0.25, -0.2) is 14.6 Å². The zero-order chi connectivity index (χ0) is 21.8. The first-order valence-corrected chi connectivity index (χ1v) is 9.14. The maximum atomic E-state index is 12.6. The first kappa shape index (κ1) is 22.5. The van der Waals surface area contributed by atoms with Crippen LogP contribution in [-0.2, 0) is 9.47 Å². The van der Waals surface area contributed by atoms with Crippen molar-refractivity contribution in [3.8, 4) is 11.1 Å². The molecule has 0 aliphatic heterocycles. The number of pyridine rings is 1. The molecule has 0 fully saturated rings. The highest BCUT2D eigenvalue weighted by Crippen LogP contribution is 2.38. The Balaban J connectivity index is 2.41. The molecule has 6 nitrogen and oxygen atoms in total. The molecule has 0 spiro atoms. The van der Waals surface area contributed by atoms with Gasteiger partial charge >= 0.3 is 17.6 Å². The molecule has 0 aliphatic rings. The fourth-order valence-electron chi connectivity index (χ4n) is 2.26. The van der Waals surface area contributed by atoms with E-state index in [1.54, 1.807) is 26.8 Å². The number of amides is 1. The third kappa shape index (κ3) is 6.97. The van der Waals surface area contributed by atoms with Gasteiger partial charge in [-0.15, -0.1) is 0 Å². The molecule has 2 rings (SSSR count). The second-order valence-electron chi connectivity index (χ2n) is 6.81. The van der Waals surface area contributed by atoms with Crippen molar-refractivity contribution in [1.82, 2.24) is 4.98 Å². The highest BCUT2D eigenvalue weighted by Gasteiger charge is 2.29. The normalized spacial score (nSPS) is 11.7. The molecule has 1 heterocycles. The van der Waals surface area contributed by atoms with E-state index in [-0.39, 0.29) is 28.0 Å². The van der Waals surface area contributed by atoms with Crippen LogP contribution in [0.2, 0.25) is 0 Å². The van der Waals surface area contributed by atoms with Crippen LogP contribution in [0.3, 0.4) is 0 Å². The number of esters is 1. The van der Waals surface area contributed by atoms with Gasteiger partial charge in [-0.3, -0.25) is 5.32 Å². The van der Waals surface area contributed by atoms with Gasteiger partial charge in [-0.2, -0.15) is 13.2 Å². The molecule has 0 saturated heterocycles. The monoisotopic (exact) mass is 428 g/mol. The molecule has 0 bridgehead atoms. The number of carbonyl (C=O) groups excluding carboxylic acids is 2. The van der Waals surface area contributed by atoms with Crippen LogP contribution in [0, 0.1) is 0 Å². The van der Waals surface area contributed by atoms with E-state index in [1.807, 2.05) is 0 Å². The van der Waals surface area contributed by atoms with Gasteiger partial charge in [0, 0.05) is 16.7 Å². The summed E-state index contributed by atoms with van der Waals surface area (Å²) in [6.45, 7) is 5.02. The standard InChI is InChI=1S/C19H19F3N2O4S/c1-18(2,3)28-17(26)24-14-9-12(10-23-15(14)16(25)27-4)11-6-5-7-13(8-11)29-19(20,21)22/h5-10H,1-4H3,(H,24,26). The molecule has 1 aromatic heterocycles. The molecule has 10 heteroatoms. The van der Waals surface area contributed by atoms with Gasteiger partial charge in [0.05, 0.1) is 12.8 Å². The summed E-state index contributed by atoms with van der Waals surface area (Å²) < 4.78 is 47.7.